The largest absolute Gasteiger partial charge is 0.393 e. The standard InChI is InChI=1S/C9H24N2O4Si2/c1-16(12-7-3-5-10)14-9-15-17(2)13-8-4-6-11/h3-11H2,1-2H3. The molecule has 0 aliphatic carbocycles. The van der Waals surface area contributed by atoms with Crippen LogP contribution in [0, 0.1) is 0 Å². The molecule has 0 atom stereocenters. The van der Waals surface area contributed by atoms with Gasteiger partial charge in [0.05, 0.1) is 0 Å². The molecule has 0 saturated heterocycles. The van der Waals surface area contributed by atoms with Crippen LogP contribution in [0.2, 0.25) is 13.1 Å². The SMILES string of the molecule is C[Si](OCCCN)OCO[Si](C)OCCCN. The summed E-state index contributed by atoms with van der Waals surface area (Å²) in [6.07, 6.45) is 1.72. The van der Waals surface area contributed by atoms with Crippen molar-refractivity contribution in [1.82, 2.24) is 0 Å². The van der Waals surface area contributed by atoms with Crippen LogP contribution in [0.25, 0.3) is 0 Å². The minimum atomic E-state index is -1.22. The summed E-state index contributed by atoms with van der Waals surface area (Å²) < 4.78 is 21.7. The van der Waals surface area contributed by atoms with E-state index in [0.717, 1.165) is 12.8 Å². The lowest BCUT2D eigenvalue weighted by molar-refractivity contribution is 0.0620. The summed E-state index contributed by atoms with van der Waals surface area (Å²) in [5, 5.41) is 0. The number of hydrogen-bond donors (Lipinski definition) is 2. The van der Waals surface area contributed by atoms with E-state index in [1.54, 1.807) is 0 Å². The topological polar surface area (TPSA) is 89.0 Å². The van der Waals surface area contributed by atoms with Crippen molar-refractivity contribution in [2.75, 3.05) is 33.1 Å². The van der Waals surface area contributed by atoms with Crippen LogP contribution in [-0.2, 0) is 17.7 Å². The molecule has 0 heterocycles. The molecule has 0 unspecified atom stereocenters. The van der Waals surface area contributed by atoms with Crippen molar-refractivity contribution in [1.29, 1.82) is 0 Å². The minimum absolute atomic E-state index is 0.237. The van der Waals surface area contributed by atoms with Gasteiger partial charge in [0.25, 0.3) is 0 Å². The van der Waals surface area contributed by atoms with Crippen molar-refractivity contribution in [2.45, 2.75) is 25.9 Å². The molecule has 102 valence electrons. The molecule has 0 amide bonds. The Bertz CT molecular complexity index is 152. The lowest BCUT2D eigenvalue weighted by atomic mass is 10.5. The predicted molar refractivity (Wildman–Crippen MR) is 69.5 cm³/mol. The summed E-state index contributed by atoms with van der Waals surface area (Å²) in [5.74, 6) is 0. The molecule has 0 aliphatic rings. The summed E-state index contributed by atoms with van der Waals surface area (Å²) in [6.45, 7) is 6.69. The Kier molecular flexibility index (Phi) is 12.8. The van der Waals surface area contributed by atoms with Gasteiger partial charge in [-0.15, -0.1) is 0 Å². The highest BCUT2D eigenvalue weighted by Gasteiger charge is 2.11. The third-order valence-electron chi connectivity index (χ3n) is 1.83. The van der Waals surface area contributed by atoms with Crippen LogP contribution in [0.4, 0.5) is 0 Å². The molecular weight excluding hydrogens is 256 g/mol. The van der Waals surface area contributed by atoms with E-state index in [4.69, 9.17) is 29.2 Å². The maximum Gasteiger partial charge on any atom is 0.382 e. The third kappa shape index (κ3) is 12.4. The lowest BCUT2D eigenvalue weighted by Crippen LogP contribution is -2.26. The van der Waals surface area contributed by atoms with Crippen molar-refractivity contribution >= 4 is 18.6 Å². The fourth-order valence-corrected chi connectivity index (χ4v) is 2.48. The fourth-order valence-electron chi connectivity index (χ4n) is 0.877. The van der Waals surface area contributed by atoms with Crippen molar-refractivity contribution in [3.63, 3.8) is 0 Å². The molecule has 2 radical (unpaired) electrons. The fraction of sp³-hybridized carbons (Fsp3) is 1.00. The van der Waals surface area contributed by atoms with Crippen molar-refractivity contribution < 1.29 is 17.7 Å². The second kappa shape index (κ2) is 12.6. The Balaban J connectivity index is 3.29. The summed E-state index contributed by atoms with van der Waals surface area (Å²) >= 11 is 0. The number of rotatable bonds is 12. The van der Waals surface area contributed by atoms with E-state index in [9.17, 15) is 0 Å². The molecule has 4 N–H and O–H groups in total. The Morgan fingerprint density at radius 1 is 0.765 bits per heavy atom. The van der Waals surface area contributed by atoms with Gasteiger partial charge in [-0.05, 0) is 39.0 Å². The molecule has 0 rings (SSSR count). The summed E-state index contributed by atoms with van der Waals surface area (Å²) in [5.41, 5.74) is 10.7. The lowest BCUT2D eigenvalue weighted by Gasteiger charge is -2.14. The van der Waals surface area contributed by atoms with Gasteiger partial charge in [0.15, 0.2) is 0 Å². The molecule has 6 nitrogen and oxygen atoms in total. The van der Waals surface area contributed by atoms with Gasteiger partial charge in [-0.25, -0.2) is 0 Å². The van der Waals surface area contributed by atoms with Gasteiger partial charge in [0, 0.05) is 13.2 Å². The highest BCUT2D eigenvalue weighted by Crippen LogP contribution is 1.95. The first-order valence-corrected chi connectivity index (χ1v) is 9.42. The molecule has 0 saturated carbocycles. The average molecular weight is 280 g/mol. The summed E-state index contributed by atoms with van der Waals surface area (Å²) in [7, 11) is -2.44. The first kappa shape index (κ1) is 17.2. The van der Waals surface area contributed by atoms with E-state index in [-0.39, 0.29) is 6.79 Å². The van der Waals surface area contributed by atoms with Gasteiger partial charge in [-0.3, -0.25) is 0 Å². The molecule has 0 bridgehead atoms. The van der Waals surface area contributed by atoms with Crippen LogP contribution < -0.4 is 11.5 Å². The molecule has 0 aromatic carbocycles. The zero-order valence-electron chi connectivity index (χ0n) is 10.7. The quantitative estimate of drug-likeness (QED) is 0.296. The summed E-state index contributed by atoms with van der Waals surface area (Å²) in [6, 6.07) is 0. The van der Waals surface area contributed by atoms with E-state index in [0.29, 0.717) is 26.3 Å². The zero-order chi connectivity index (χ0) is 12.9. The molecule has 0 aromatic rings. The highest BCUT2D eigenvalue weighted by atomic mass is 28.3. The van der Waals surface area contributed by atoms with Crippen LogP contribution in [0.15, 0.2) is 0 Å². The van der Waals surface area contributed by atoms with Crippen LogP contribution >= 0.6 is 0 Å². The number of nitrogens with two attached hydrogens (primary N) is 2. The first-order chi connectivity index (χ1) is 8.20. The maximum atomic E-state index is 5.44. The average Bonchev–Trinajstić information content (AvgIpc) is 2.30. The summed E-state index contributed by atoms with van der Waals surface area (Å²) in [4.78, 5) is 0. The Morgan fingerprint density at radius 2 is 1.18 bits per heavy atom. The van der Waals surface area contributed by atoms with Crippen LogP contribution in [0.1, 0.15) is 12.8 Å². The highest BCUT2D eigenvalue weighted by molar-refractivity contribution is 6.43. The van der Waals surface area contributed by atoms with E-state index in [1.165, 1.54) is 0 Å². The molecule has 8 heteroatoms. The van der Waals surface area contributed by atoms with Crippen molar-refractivity contribution in [2.24, 2.45) is 11.5 Å². The predicted octanol–water partition coefficient (Wildman–Crippen LogP) is -0.0561. The van der Waals surface area contributed by atoms with Crippen LogP contribution in [0.5, 0.6) is 0 Å². The van der Waals surface area contributed by atoms with Gasteiger partial charge < -0.3 is 29.2 Å². The van der Waals surface area contributed by atoms with Gasteiger partial charge in [0.1, 0.15) is 6.79 Å². The Hall–Kier alpha value is 0.194. The van der Waals surface area contributed by atoms with Crippen molar-refractivity contribution in [3.05, 3.63) is 0 Å². The maximum absolute atomic E-state index is 5.44. The molecule has 17 heavy (non-hydrogen) atoms. The van der Waals surface area contributed by atoms with Crippen molar-refractivity contribution in [3.8, 4) is 0 Å². The van der Waals surface area contributed by atoms with Gasteiger partial charge in [-0.2, -0.15) is 0 Å². The zero-order valence-corrected chi connectivity index (χ0v) is 12.7. The molecule has 0 aromatic heterocycles. The second-order valence-corrected chi connectivity index (χ2v) is 6.49. The Morgan fingerprint density at radius 3 is 1.53 bits per heavy atom. The monoisotopic (exact) mass is 280 g/mol. The van der Waals surface area contributed by atoms with E-state index in [1.807, 2.05) is 13.1 Å². The van der Waals surface area contributed by atoms with Crippen LogP contribution in [-0.4, -0.2) is 51.7 Å². The molecule has 0 fully saturated rings. The van der Waals surface area contributed by atoms with E-state index < -0.39 is 18.6 Å². The van der Waals surface area contributed by atoms with E-state index >= 15 is 0 Å². The second-order valence-electron chi connectivity index (χ2n) is 3.37. The normalized spacial score (nSPS) is 11.6. The third-order valence-corrected chi connectivity index (χ3v) is 4.10. The van der Waals surface area contributed by atoms with Gasteiger partial charge >= 0.3 is 18.6 Å². The molecular formula is C9H24N2O4Si2. The smallest absolute Gasteiger partial charge is 0.382 e. The van der Waals surface area contributed by atoms with Gasteiger partial charge in [0.2, 0.25) is 0 Å². The molecule has 0 spiro atoms. The molecule has 0 aliphatic heterocycles. The minimum Gasteiger partial charge on any atom is -0.393 e. The van der Waals surface area contributed by atoms with E-state index in [2.05, 4.69) is 0 Å². The first-order valence-electron chi connectivity index (χ1n) is 5.79. The Labute approximate surface area is 107 Å². The van der Waals surface area contributed by atoms with Crippen LogP contribution in [0.3, 0.4) is 0 Å². The van der Waals surface area contributed by atoms with Gasteiger partial charge in [-0.1, -0.05) is 0 Å². The number of hydrogen-bond acceptors (Lipinski definition) is 6.